The topological polar surface area (TPSA) is 70.7 Å². The normalized spacial score (nSPS) is 21.5. The molecular weight excluding hydrogens is 300 g/mol. The highest BCUT2D eigenvalue weighted by Gasteiger charge is 2.41. The summed E-state index contributed by atoms with van der Waals surface area (Å²) in [5, 5.41) is 17.1. The standard InChI is InChI=1S/C19H18N4O/c1-19(2)8-14-16(15(24)9-19)17(12-6-4-3-5-7-12)23-18(22-14)13(10-20)11-21-23/h3-7,11,17,22H,8-9H2,1-2H3. The number of nitrogens with one attached hydrogen (secondary N) is 1. The molecule has 1 N–H and O–H groups in total. The number of benzene rings is 1. The number of ketones is 1. The van der Waals surface area contributed by atoms with Crippen molar-refractivity contribution < 1.29 is 4.79 Å². The van der Waals surface area contributed by atoms with Crippen molar-refractivity contribution in [2.75, 3.05) is 5.32 Å². The van der Waals surface area contributed by atoms with E-state index in [-0.39, 0.29) is 17.2 Å². The van der Waals surface area contributed by atoms with Crippen LogP contribution >= 0.6 is 0 Å². The van der Waals surface area contributed by atoms with Crippen LogP contribution in [0.1, 0.15) is 43.9 Å². The molecule has 2 aliphatic rings. The Labute approximate surface area is 140 Å². The molecule has 5 heteroatoms. The van der Waals surface area contributed by atoms with E-state index >= 15 is 0 Å². The van der Waals surface area contributed by atoms with Gasteiger partial charge in [0.05, 0.1) is 6.20 Å². The van der Waals surface area contributed by atoms with Crippen LogP contribution in [0.4, 0.5) is 5.82 Å². The number of fused-ring (bicyclic) bond motifs is 1. The molecule has 1 aliphatic carbocycles. The molecule has 0 saturated heterocycles. The Bertz CT molecular complexity index is 899. The van der Waals surface area contributed by atoms with E-state index in [4.69, 9.17) is 0 Å². The van der Waals surface area contributed by atoms with Gasteiger partial charge < -0.3 is 5.32 Å². The predicted octanol–water partition coefficient (Wildman–Crippen LogP) is 3.41. The number of allylic oxidation sites excluding steroid dienone is 2. The van der Waals surface area contributed by atoms with Crippen molar-refractivity contribution in [3.05, 3.63) is 58.9 Å². The van der Waals surface area contributed by atoms with Crippen LogP contribution in [-0.2, 0) is 4.79 Å². The molecule has 0 radical (unpaired) electrons. The molecule has 0 amide bonds. The summed E-state index contributed by atoms with van der Waals surface area (Å²) in [7, 11) is 0. The van der Waals surface area contributed by atoms with Crippen LogP contribution in [0.3, 0.4) is 0 Å². The van der Waals surface area contributed by atoms with Gasteiger partial charge in [-0.2, -0.15) is 10.4 Å². The number of rotatable bonds is 1. The van der Waals surface area contributed by atoms with Gasteiger partial charge in [0.15, 0.2) is 5.78 Å². The van der Waals surface area contributed by atoms with E-state index in [0.29, 0.717) is 17.8 Å². The molecule has 0 saturated carbocycles. The van der Waals surface area contributed by atoms with Crippen molar-refractivity contribution in [2.45, 2.75) is 32.7 Å². The summed E-state index contributed by atoms with van der Waals surface area (Å²) < 4.78 is 1.77. The van der Waals surface area contributed by atoms with Crippen molar-refractivity contribution in [3.8, 4) is 6.07 Å². The smallest absolute Gasteiger partial charge is 0.163 e. The summed E-state index contributed by atoms with van der Waals surface area (Å²) in [5.41, 5.74) is 3.13. The summed E-state index contributed by atoms with van der Waals surface area (Å²) in [5.74, 6) is 0.831. The third-order valence-electron chi connectivity index (χ3n) is 4.74. The fourth-order valence-corrected chi connectivity index (χ4v) is 3.74. The lowest BCUT2D eigenvalue weighted by Gasteiger charge is -2.38. The maximum Gasteiger partial charge on any atom is 0.163 e. The third kappa shape index (κ3) is 2.15. The zero-order chi connectivity index (χ0) is 16.9. The van der Waals surface area contributed by atoms with Gasteiger partial charge in [-0.3, -0.25) is 4.79 Å². The van der Waals surface area contributed by atoms with Gasteiger partial charge in [0.1, 0.15) is 23.5 Å². The van der Waals surface area contributed by atoms with Crippen LogP contribution < -0.4 is 5.32 Å². The molecule has 2 aromatic rings. The number of anilines is 1. The van der Waals surface area contributed by atoms with Gasteiger partial charge in [-0.1, -0.05) is 44.2 Å². The molecule has 120 valence electrons. The van der Waals surface area contributed by atoms with Crippen LogP contribution in [0.5, 0.6) is 0 Å². The number of aromatic nitrogens is 2. The van der Waals surface area contributed by atoms with E-state index in [9.17, 15) is 10.1 Å². The van der Waals surface area contributed by atoms with Gasteiger partial charge in [-0.05, 0) is 17.4 Å². The number of hydrogen-bond acceptors (Lipinski definition) is 4. The van der Waals surface area contributed by atoms with E-state index in [1.54, 1.807) is 10.9 Å². The first-order valence-electron chi connectivity index (χ1n) is 8.06. The first kappa shape index (κ1) is 14.7. The molecule has 1 unspecified atom stereocenters. The molecule has 2 heterocycles. The minimum absolute atomic E-state index is 0.0842. The number of carbonyl (C=O) groups is 1. The lowest BCUT2D eigenvalue weighted by atomic mass is 9.73. The highest BCUT2D eigenvalue weighted by Crippen LogP contribution is 2.46. The van der Waals surface area contributed by atoms with Crippen molar-refractivity contribution in [2.24, 2.45) is 5.41 Å². The molecule has 0 bridgehead atoms. The third-order valence-corrected chi connectivity index (χ3v) is 4.74. The lowest BCUT2D eigenvalue weighted by Crippen LogP contribution is -2.36. The monoisotopic (exact) mass is 318 g/mol. The highest BCUT2D eigenvalue weighted by atomic mass is 16.1. The van der Waals surface area contributed by atoms with E-state index in [1.807, 2.05) is 30.3 Å². The van der Waals surface area contributed by atoms with E-state index in [1.165, 1.54) is 0 Å². The summed E-state index contributed by atoms with van der Waals surface area (Å²) in [6.07, 6.45) is 2.87. The fourth-order valence-electron chi connectivity index (χ4n) is 3.74. The Hall–Kier alpha value is -2.87. The number of carbonyl (C=O) groups excluding carboxylic acids is 1. The summed E-state index contributed by atoms with van der Waals surface area (Å²) in [4.78, 5) is 12.9. The van der Waals surface area contributed by atoms with Crippen LogP contribution in [0.2, 0.25) is 0 Å². The van der Waals surface area contributed by atoms with Crippen LogP contribution in [0, 0.1) is 16.7 Å². The molecule has 24 heavy (non-hydrogen) atoms. The Kier molecular flexibility index (Phi) is 3.10. The van der Waals surface area contributed by atoms with Crippen LogP contribution in [-0.4, -0.2) is 15.6 Å². The van der Waals surface area contributed by atoms with E-state index in [0.717, 1.165) is 23.3 Å². The maximum atomic E-state index is 12.9. The van der Waals surface area contributed by atoms with Gasteiger partial charge in [0.2, 0.25) is 0 Å². The average molecular weight is 318 g/mol. The van der Waals surface area contributed by atoms with E-state index in [2.05, 4.69) is 30.3 Å². The van der Waals surface area contributed by atoms with Crippen molar-refractivity contribution in [1.29, 1.82) is 5.26 Å². The minimum Gasteiger partial charge on any atom is -0.342 e. The number of Topliss-reactive ketones (excluding diaryl/α,β-unsaturated/α-hetero) is 1. The Morgan fingerprint density at radius 2 is 2.04 bits per heavy atom. The van der Waals surface area contributed by atoms with Crippen molar-refractivity contribution in [3.63, 3.8) is 0 Å². The molecule has 0 fully saturated rings. The van der Waals surface area contributed by atoms with E-state index < -0.39 is 0 Å². The molecule has 1 aromatic heterocycles. The van der Waals surface area contributed by atoms with Gasteiger partial charge in [-0.15, -0.1) is 0 Å². The number of nitriles is 1. The second-order valence-electron chi connectivity index (χ2n) is 7.23. The molecule has 1 atom stereocenters. The lowest BCUT2D eigenvalue weighted by molar-refractivity contribution is -0.118. The average Bonchev–Trinajstić information content (AvgIpc) is 2.95. The zero-order valence-electron chi connectivity index (χ0n) is 13.7. The minimum atomic E-state index is -0.275. The van der Waals surface area contributed by atoms with Crippen molar-refractivity contribution >= 4 is 11.6 Å². The molecule has 5 nitrogen and oxygen atoms in total. The number of hydrogen-bond donors (Lipinski definition) is 1. The van der Waals surface area contributed by atoms with Gasteiger partial charge in [0.25, 0.3) is 0 Å². The van der Waals surface area contributed by atoms with Gasteiger partial charge in [0, 0.05) is 17.7 Å². The predicted molar refractivity (Wildman–Crippen MR) is 90.2 cm³/mol. The van der Waals surface area contributed by atoms with Gasteiger partial charge >= 0.3 is 0 Å². The largest absolute Gasteiger partial charge is 0.342 e. The highest BCUT2D eigenvalue weighted by molar-refractivity contribution is 6.00. The fraction of sp³-hybridized carbons (Fsp3) is 0.316. The van der Waals surface area contributed by atoms with Crippen LogP contribution in [0.25, 0.3) is 0 Å². The Morgan fingerprint density at radius 3 is 2.75 bits per heavy atom. The summed E-state index contributed by atoms with van der Waals surface area (Å²) in [6, 6.07) is 11.8. The Morgan fingerprint density at radius 1 is 1.29 bits per heavy atom. The molecule has 4 rings (SSSR count). The van der Waals surface area contributed by atoms with Crippen molar-refractivity contribution in [1.82, 2.24) is 9.78 Å². The molecule has 1 aliphatic heterocycles. The zero-order valence-corrected chi connectivity index (χ0v) is 13.7. The summed E-state index contributed by atoms with van der Waals surface area (Å²) in [6.45, 7) is 4.20. The second-order valence-corrected chi connectivity index (χ2v) is 7.23. The quantitative estimate of drug-likeness (QED) is 0.874. The van der Waals surface area contributed by atoms with Gasteiger partial charge in [-0.25, -0.2) is 4.68 Å². The summed E-state index contributed by atoms with van der Waals surface area (Å²) >= 11 is 0. The first-order chi connectivity index (χ1) is 11.5. The molecule has 1 aromatic carbocycles. The number of nitrogens with zero attached hydrogens (tertiary/aromatic N) is 3. The second kappa shape index (κ2) is 5.07. The first-order valence-corrected chi connectivity index (χ1v) is 8.06. The molecular formula is C19H18N4O. The SMILES string of the molecule is CC1(C)CC(=O)C2=C(C1)Nc1c(C#N)cnn1C2c1ccccc1. The molecule has 0 spiro atoms. The maximum absolute atomic E-state index is 12.9. The Balaban J connectivity index is 1.95. The van der Waals surface area contributed by atoms with Crippen LogP contribution in [0.15, 0.2) is 47.8 Å².